The van der Waals surface area contributed by atoms with Gasteiger partial charge in [-0.05, 0) is 37.0 Å². The number of carbonyl (C=O) groups is 2. The van der Waals surface area contributed by atoms with Crippen LogP contribution in [0.15, 0.2) is 24.3 Å². The quantitative estimate of drug-likeness (QED) is 0.426. The summed E-state index contributed by atoms with van der Waals surface area (Å²) in [6.07, 6.45) is 1.55. The maximum atomic E-state index is 14.1. The molecule has 1 aromatic rings. The minimum atomic E-state index is -3.96. The molecule has 2 amide bonds. The Morgan fingerprint density at radius 1 is 1.22 bits per heavy atom. The van der Waals surface area contributed by atoms with Crippen LogP contribution in [0.5, 0.6) is 0 Å². The Hall–Kier alpha value is -2.61. The first-order chi connectivity index (χ1) is 17.1. The van der Waals surface area contributed by atoms with E-state index in [1.54, 1.807) is 11.6 Å². The zero-order valence-corrected chi connectivity index (χ0v) is 20.4. The van der Waals surface area contributed by atoms with Gasteiger partial charge < -0.3 is 14.4 Å². The Balaban J connectivity index is 1.42. The third kappa shape index (κ3) is 5.69. The van der Waals surface area contributed by atoms with Crippen molar-refractivity contribution >= 4 is 27.6 Å². The highest BCUT2D eigenvalue weighted by Crippen LogP contribution is 2.36. The van der Waals surface area contributed by atoms with Crippen molar-refractivity contribution in [2.24, 2.45) is 5.41 Å². The predicted octanol–water partition coefficient (Wildman–Crippen LogP) is 1.90. The number of piperidine rings is 1. The molecule has 0 radical (unpaired) electrons. The smallest absolute Gasteiger partial charge is 0.410 e. The third-order valence-corrected chi connectivity index (χ3v) is 9.05. The molecule has 2 N–H and O–H groups in total. The number of nitrogens with zero attached hydrogens (tertiary/aromatic N) is 2. The van der Waals surface area contributed by atoms with Gasteiger partial charge in [0.1, 0.15) is 17.7 Å². The second-order valence-electron chi connectivity index (χ2n) is 9.30. The van der Waals surface area contributed by atoms with Crippen molar-refractivity contribution in [2.75, 3.05) is 45.1 Å². The molecule has 1 aromatic carbocycles. The van der Waals surface area contributed by atoms with Gasteiger partial charge in [-0.15, -0.1) is 0 Å². The lowest BCUT2D eigenvalue weighted by molar-refractivity contribution is -0.141. The van der Waals surface area contributed by atoms with Crippen LogP contribution in [0.1, 0.15) is 31.2 Å². The standard InChI is InChI=1S/C23H29F2N3O7S/c24-17-1-2-19(20(25)13-17)16-3-8-28(9-4-16)36(32,33)15-23(21(29)26-31)6-10-27(11-7-23)22(30)35-18-5-12-34-14-18/h1-3,13,18,31H,4-12,14-15H2,(H,26,29)/t18-/m0/s1. The number of amides is 2. The Kier molecular flexibility index (Phi) is 7.93. The van der Waals surface area contributed by atoms with E-state index in [1.165, 1.54) is 15.3 Å². The van der Waals surface area contributed by atoms with Crippen LogP contribution in [0.25, 0.3) is 5.57 Å². The summed E-state index contributed by atoms with van der Waals surface area (Å²) in [5, 5.41) is 9.33. The molecule has 0 aromatic heterocycles. The van der Waals surface area contributed by atoms with Gasteiger partial charge in [0.15, 0.2) is 0 Å². The van der Waals surface area contributed by atoms with Gasteiger partial charge in [-0.25, -0.2) is 27.5 Å². The van der Waals surface area contributed by atoms with E-state index in [2.05, 4.69) is 0 Å². The highest BCUT2D eigenvalue weighted by molar-refractivity contribution is 7.89. The van der Waals surface area contributed by atoms with E-state index in [4.69, 9.17) is 9.47 Å². The van der Waals surface area contributed by atoms with Crippen LogP contribution in [0, 0.1) is 17.0 Å². The van der Waals surface area contributed by atoms with Crippen molar-refractivity contribution in [3.05, 3.63) is 41.5 Å². The molecule has 1 atom stereocenters. The van der Waals surface area contributed by atoms with E-state index in [-0.39, 0.29) is 57.1 Å². The molecule has 3 aliphatic rings. The van der Waals surface area contributed by atoms with Crippen LogP contribution in [-0.2, 0) is 24.3 Å². The maximum Gasteiger partial charge on any atom is 0.410 e. The fraction of sp³-hybridized carbons (Fsp3) is 0.565. The van der Waals surface area contributed by atoms with Crippen LogP contribution in [-0.4, -0.2) is 86.1 Å². The van der Waals surface area contributed by atoms with Gasteiger partial charge >= 0.3 is 6.09 Å². The molecule has 3 heterocycles. The molecule has 13 heteroatoms. The van der Waals surface area contributed by atoms with Crippen LogP contribution >= 0.6 is 0 Å². The fourth-order valence-corrected chi connectivity index (χ4v) is 6.81. The number of rotatable bonds is 6. The Morgan fingerprint density at radius 3 is 2.56 bits per heavy atom. The monoisotopic (exact) mass is 529 g/mol. The molecule has 0 spiro atoms. The highest BCUT2D eigenvalue weighted by Gasteiger charge is 2.47. The lowest BCUT2D eigenvalue weighted by Gasteiger charge is -2.40. The second-order valence-corrected chi connectivity index (χ2v) is 11.3. The van der Waals surface area contributed by atoms with Gasteiger partial charge in [-0.2, -0.15) is 4.31 Å². The molecule has 36 heavy (non-hydrogen) atoms. The Labute approximate surface area is 207 Å². The van der Waals surface area contributed by atoms with E-state index < -0.39 is 44.8 Å². The van der Waals surface area contributed by atoms with E-state index >= 15 is 0 Å². The number of halogens is 2. The molecule has 0 saturated carbocycles. The molecule has 2 fully saturated rings. The van der Waals surface area contributed by atoms with Gasteiger partial charge in [0.05, 0.1) is 24.4 Å². The van der Waals surface area contributed by atoms with E-state index in [1.807, 2.05) is 0 Å². The molecule has 198 valence electrons. The van der Waals surface area contributed by atoms with Gasteiger partial charge in [-0.1, -0.05) is 6.08 Å². The molecular formula is C23H29F2N3O7S. The Morgan fingerprint density at radius 2 is 1.97 bits per heavy atom. The number of benzene rings is 1. The third-order valence-electron chi connectivity index (χ3n) is 7.02. The number of likely N-dealkylation sites (tertiary alicyclic amines) is 1. The van der Waals surface area contributed by atoms with Crippen LogP contribution in [0.4, 0.5) is 13.6 Å². The number of hydrogen-bond donors (Lipinski definition) is 2. The zero-order valence-electron chi connectivity index (χ0n) is 19.6. The zero-order chi connectivity index (χ0) is 25.9. The molecule has 2 saturated heterocycles. The van der Waals surface area contributed by atoms with Gasteiger partial charge in [0, 0.05) is 44.2 Å². The minimum Gasteiger partial charge on any atom is -0.444 e. The molecule has 10 nitrogen and oxygen atoms in total. The van der Waals surface area contributed by atoms with Crippen molar-refractivity contribution in [2.45, 2.75) is 31.8 Å². The van der Waals surface area contributed by atoms with Crippen molar-refractivity contribution in [3.8, 4) is 0 Å². The summed E-state index contributed by atoms with van der Waals surface area (Å²) in [7, 11) is -3.96. The molecule has 0 bridgehead atoms. The van der Waals surface area contributed by atoms with Gasteiger partial charge in [0.2, 0.25) is 10.0 Å². The summed E-state index contributed by atoms with van der Waals surface area (Å²) >= 11 is 0. The number of ether oxygens (including phenoxy) is 2. The van der Waals surface area contributed by atoms with Crippen LogP contribution < -0.4 is 5.48 Å². The number of hydroxylamine groups is 1. The van der Waals surface area contributed by atoms with Crippen LogP contribution in [0.2, 0.25) is 0 Å². The number of hydrogen-bond acceptors (Lipinski definition) is 7. The average Bonchev–Trinajstić information content (AvgIpc) is 3.37. The first kappa shape index (κ1) is 26.5. The van der Waals surface area contributed by atoms with E-state index in [0.29, 0.717) is 25.2 Å². The first-order valence-corrected chi connectivity index (χ1v) is 13.3. The topological polar surface area (TPSA) is 125 Å². The minimum absolute atomic E-state index is 0.0185. The average molecular weight is 530 g/mol. The molecule has 3 aliphatic heterocycles. The summed E-state index contributed by atoms with van der Waals surface area (Å²) in [5.41, 5.74) is 0.936. The second kappa shape index (κ2) is 10.8. The van der Waals surface area contributed by atoms with Crippen molar-refractivity contribution in [1.29, 1.82) is 0 Å². The van der Waals surface area contributed by atoms with Crippen molar-refractivity contribution < 1.29 is 41.5 Å². The molecule has 0 unspecified atom stereocenters. The summed E-state index contributed by atoms with van der Waals surface area (Å²) in [4.78, 5) is 26.5. The highest BCUT2D eigenvalue weighted by atomic mass is 32.2. The molecule has 4 rings (SSSR count). The normalized spacial score (nSPS) is 22.7. The lowest BCUT2D eigenvalue weighted by Crippen LogP contribution is -2.54. The van der Waals surface area contributed by atoms with E-state index in [0.717, 1.165) is 12.1 Å². The molecule has 0 aliphatic carbocycles. The number of nitrogens with one attached hydrogen (secondary N) is 1. The predicted molar refractivity (Wildman–Crippen MR) is 123 cm³/mol. The van der Waals surface area contributed by atoms with Crippen molar-refractivity contribution in [3.63, 3.8) is 0 Å². The first-order valence-electron chi connectivity index (χ1n) is 11.7. The van der Waals surface area contributed by atoms with Gasteiger partial charge in [-0.3, -0.25) is 10.0 Å². The SMILES string of the molecule is O=C(O[C@H]1CCOC1)N1CCC(CS(=O)(=O)N2CC=C(c3ccc(F)cc3F)CC2)(C(=O)NO)CC1. The van der Waals surface area contributed by atoms with Crippen LogP contribution in [0.3, 0.4) is 0 Å². The van der Waals surface area contributed by atoms with Crippen molar-refractivity contribution in [1.82, 2.24) is 14.7 Å². The maximum absolute atomic E-state index is 14.1. The van der Waals surface area contributed by atoms with Gasteiger partial charge in [0.25, 0.3) is 5.91 Å². The summed E-state index contributed by atoms with van der Waals surface area (Å²) in [6, 6.07) is 3.24. The fourth-order valence-electron chi connectivity index (χ4n) is 4.83. The lowest BCUT2D eigenvalue weighted by atomic mass is 9.79. The molecular weight excluding hydrogens is 500 g/mol. The largest absolute Gasteiger partial charge is 0.444 e. The summed E-state index contributed by atoms with van der Waals surface area (Å²) in [6.45, 7) is 1.04. The summed E-state index contributed by atoms with van der Waals surface area (Å²) < 4.78 is 65.7. The Bertz CT molecular complexity index is 1130. The summed E-state index contributed by atoms with van der Waals surface area (Å²) in [5.74, 6) is -2.80. The number of carbonyl (C=O) groups excluding carboxylic acids is 2. The number of sulfonamides is 1. The van der Waals surface area contributed by atoms with E-state index in [9.17, 15) is 32.0 Å².